The van der Waals surface area contributed by atoms with Crippen LogP contribution in [0.1, 0.15) is 68.5 Å². The Morgan fingerprint density at radius 1 is 0.968 bits per heavy atom. The Hall–Kier alpha value is -1.70. The van der Waals surface area contributed by atoms with Gasteiger partial charge in [-0.3, -0.25) is 0 Å². The van der Waals surface area contributed by atoms with Gasteiger partial charge in [-0.15, -0.1) is 0 Å². The highest BCUT2D eigenvalue weighted by Crippen LogP contribution is 2.40. The number of benzene rings is 1. The maximum absolute atomic E-state index is 6.31. The molecule has 2 bridgehead atoms. The first kappa shape index (κ1) is 22.5. The molecule has 5 N–H and O–H groups in total. The van der Waals surface area contributed by atoms with E-state index in [0.29, 0.717) is 6.54 Å². The SMILES string of the molecule is CN1CC=C2Cc3ccc(cc3)C(N3CCCCCCCCCCNNN3)C2=C1CN. The van der Waals surface area contributed by atoms with E-state index in [-0.39, 0.29) is 6.04 Å². The zero-order chi connectivity index (χ0) is 21.5. The van der Waals surface area contributed by atoms with Crippen LogP contribution < -0.4 is 22.2 Å². The summed E-state index contributed by atoms with van der Waals surface area (Å²) >= 11 is 0. The van der Waals surface area contributed by atoms with Crippen LogP contribution in [0.15, 0.2) is 47.2 Å². The van der Waals surface area contributed by atoms with Crippen LogP contribution >= 0.6 is 0 Å². The van der Waals surface area contributed by atoms with Crippen molar-refractivity contribution in [3.63, 3.8) is 0 Å². The summed E-state index contributed by atoms with van der Waals surface area (Å²) in [4.78, 5) is 2.32. The molecular formula is C25H40N6. The number of nitrogens with zero attached hydrogens (tertiary/aromatic N) is 2. The van der Waals surface area contributed by atoms with Gasteiger partial charge in [0.15, 0.2) is 0 Å². The summed E-state index contributed by atoms with van der Waals surface area (Å²) in [5.74, 6) is 0. The molecule has 1 fully saturated rings. The summed E-state index contributed by atoms with van der Waals surface area (Å²) in [7, 11) is 2.16. The van der Waals surface area contributed by atoms with Crippen molar-refractivity contribution < 1.29 is 0 Å². The van der Waals surface area contributed by atoms with Gasteiger partial charge in [-0.2, -0.15) is 11.1 Å². The number of hydrogen-bond donors (Lipinski definition) is 4. The Balaban J connectivity index is 1.65. The summed E-state index contributed by atoms with van der Waals surface area (Å²) in [5, 5.41) is 2.39. The van der Waals surface area contributed by atoms with Crippen LogP contribution in [0.4, 0.5) is 0 Å². The molecule has 2 aliphatic carbocycles. The molecule has 0 radical (unpaired) electrons. The van der Waals surface area contributed by atoms with Gasteiger partial charge >= 0.3 is 0 Å². The summed E-state index contributed by atoms with van der Waals surface area (Å²) < 4.78 is 0. The third-order valence-electron chi connectivity index (χ3n) is 6.94. The minimum atomic E-state index is 0.129. The first-order valence-electron chi connectivity index (χ1n) is 12.2. The van der Waals surface area contributed by atoms with Gasteiger partial charge in [0.25, 0.3) is 0 Å². The monoisotopic (exact) mass is 424 g/mol. The molecule has 5 rings (SSSR count). The van der Waals surface area contributed by atoms with Crippen molar-refractivity contribution in [2.24, 2.45) is 5.73 Å². The summed E-state index contributed by atoms with van der Waals surface area (Å²) in [6.45, 7) is 3.46. The number of rotatable bonds is 2. The first-order valence-corrected chi connectivity index (χ1v) is 12.2. The van der Waals surface area contributed by atoms with Gasteiger partial charge < -0.3 is 10.6 Å². The van der Waals surface area contributed by atoms with E-state index >= 15 is 0 Å². The van der Waals surface area contributed by atoms with Crippen molar-refractivity contribution in [2.45, 2.75) is 63.8 Å². The molecule has 4 aliphatic rings. The van der Waals surface area contributed by atoms with Crippen LogP contribution in [0.25, 0.3) is 0 Å². The zero-order valence-corrected chi connectivity index (χ0v) is 19.1. The largest absolute Gasteiger partial charge is 0.373 e. The molecule has 0 saturated carbocycles. The topological polar surface area (TPSA) is 68.6 Å². The highest BCUT2D eigenvalue weighted by molar-refractivity contribution is 5.50. The molecule has 6 nitrogen and oxygen atoms in total. The molecule has 6 heteroatoms. The lowest BCUT2D eigenvalue weighted by Crippen LogP contribution is -2.55. The third-order valence-corrected chi connectivity index (χ3v) is 6.94. The minimum Gasteiger partial charge on any atom is -0.373 e. The predicted molar refractivity (Wildman–Crippen MR) is 128 cm³/mol. The van der Waals surface area contributed by atoms with Gasteiger partial charge in [-0.1, -0.05) is 68.9 Å². The fraction of sp³-hybridized carbons (Fsp3) is 0.600. The summed E-state index contributed by atoms with van der Waals surface area (Å²) in [6, 6.07) is 9.30. The molecule has 1 aromatic rings. The van der Waals surface area contributed by atoms with Crippen LogP contribution in [0, 0.1) is 0 Å². The Bertz CT molecular complexity index is 755. The highest BCUT2D eigenvalue weighted by Gasteiger charge is 2.33. The quantitative estimate of drug-likeness (QED) is 0.584. The number of hydrogen-bond acceptors (Lipinski definition) is 6. The van der Waals surface area contributed by atoms with E-state index in [2.05, 4.69) is 63.8 Å². The van der Waals surface area contributed by atoms with E-state index in [1.807, 2.05) is 0 Å². The molecule has 1 unspecified atom stereocenters. The second-order valence-corrected chi connectivity index (χ2v) is 9.18. The molecule has 1 saturated heterocycles. The standard InChI is InChI=1S/C25H40N6/c1-30-17-14-22-18-20-10-12-21(13-11-20)25(24(22)23(30)19-26)31-16-9-7-5-3-2-4-6-8-15-27-28-29-31/h10-14,25,27-29H,2-9,15-19,26H2,1H3. The fourth-order valence-corrected chi connectivity index (χ4v) is 5.14. The Kier molecular flexibility index (Phi) is 8.16. The van der Waals surface area contributed by atoms with Crippen molar-refractivity contribution in [2.75, 3.05) is 33.2 Å². The Labute approximate surface area is 187 Å². The van der Waals surface area contributed by atoms with Crippen molar-refractivity contribution in [3.05, 3.63) is 58.3 Å². The lowest BCUT2D eigenvalue weighted by molar-refractivity contribution is 0.0940. The van der Waals surface area contributed by atoms with E-state index < -0.39 is 0 Å². The van der Waals surface area contributed by atoms with E-state index in [1.165, 1.54) is 79.3 Å². The Morgan fingerprint density at radius 2 is 1.68 bits per heavy atom. The smallest absolute Gasteiger partial charge is 0.0776 e. The van der Waals surface area contributed by atoms with E-state index in [9.17, 15) is 0 Å². The number of likely N-dealkylation sites (N-methyl/N-ethyl adjacent to an activating group) is 1. The molecule has 1 aromatic carbocycles. The van der Waals surface area contributed by atoms with Crippen LogP contribution in [-0.2, 0) is 6.42 Å². The number of nitrogens with two attached hydrogens (primary N) is 1. The molecule has 0 aromatic heterocycles. The maximum Gasteiger partial charge on any atom is 0.0776 e. The number of nitrogens with one attached hydrogen (secondary N) is 3. The predicted octanol–water partition coefficient (Wildman–Crippen LogP) is 3.32. The molecular weight excluding hydrogens is 384 g/mol. The molecule has 0 amide bonds. The van der Waals surface area contributed by atoms with Crippen LogP contribution in [-0.4, -0.2) is 43.1 Å². The zero-order valence-electron chi connectivity index (χ0n) is 19.1. The molecule has 2 aliphatic heterocycles. The molecule has 2 heterocycles. The normalized spacial score (nSPS) is 24.8. The number of fused-ring (bicyclic) bond motifs is 2. The van der Waals surface area contributed by atoms with Crippen LogP contribution in [0.5, 0.6) is 0 Å². The van der Waals surface area contributed by atoms with E-state index in [1.54, 1.807) is 0 Å². The minimum absolute atomic E-state index is 0.129. The highest BCUT2D eigenvalue weighted by atomic mass is 15.8. The van der Waals surface area contributed by atoms with Gasteiger partial charge in [-0.05, 0) is 41.5 Å². The fourth-order valence-electron chi connectivity index (χ4n) is 5.14. The van der Waals surface area contributed by atoms with Gasteiger partial charge in [0.2, 0.25) is 0 Å². The molecule has 31 heavy (non-hydrogen) atoms. The average Bonchev–Trinajstić information content (AvgIpc) is 2.77. The van der Waals surface area contributed by atoms with Crippen molar-refractivity contribution in [1.29, 1.82) is 0 Å². The van der Waals surface area contributed by atoms with E-state index in [4.69, 9.17) is 5.73 Å². The van der Waals surface area contributed by atoms with Crippen LogP contribution in [0.2, 0.25) is 0 Å². The lowest BCUT2D eigenvalue weighted by Gasteiger charge is -2.41. The van der Waals surface area contributed by atoms with Gasteiger partial charge in [0.1, 0.15) is 0 Å². The van der Waals surface area contributed by atoms with Crippen molar-refractivity contribution >= 4 is 0 Å². The van der Waals surface area contributed by atoms with Gasteiger partial charge in [0.05, 0.1) is 6.04 Å². The second kappa shape index (κ2) is 11.2. The summed E-state index contributed by atoms with van der Waals surface area (Å²) in [5.41, 5.74) is 23.3. The lowest BCUT2D eigenvalue weighted by atomic mass is 9.82. The van der Waals surface area contributed by atoms with Gasteiger partial charge in [-0.25, -0.2) is 10.4 Å². The number of hydrazine groups is 3. The van der Waals surface area contributed by atoms with Crippen molar-refractivity contribution in [3.8, 4) is 0 Å². The van der Waals surface area contributed by atoms with Crippen LogP contribution in [0.3, 0.4) is 0 Å². The summed E-state index contributed by atoms with van der Waals surface area (Å²) in [6.07, 6.45) is 13.8. The van der Waals surface area contributed by atoms with Crippen molar-refractivity contribution in [1.82, 2.24) is 26.4 Å². The first-order chi connectivity index (χ1) is 15.3. The molecule has 170 valence electrons. The second-order valence-electron chi connectivity index (χ2n) is 9.18. The Morgan fingerprint density at radius 3 is 2.42 bits per heavy atom. The molecule has 0 spiro atoms. The maximum atomic E-state index is 6.31. The molecule has 1 atom stereocenters. The average molecular weight is 425 g/mol. The third kappa shape index (κ3) is 5.57. The van der Waals surface area contributed by atoms with Gasteiger partial charge in [0, 0.05) is 38.9 Å². The van der Waals surface area contributed by atoms with E-state index in [0.717, 1.165) is 26.1 Å².